The van der Waals surface area contributed by atoms with E-state index in [1.165, 1.54) is 37.4 Å². The number of carbonyl (C=O) groups is 1. The van der Waals surface area contributed by atoms with Crippen LogP contribution in [0.1, 0.15) is 10.4 Å². The van der Waals surface area contributed by atoms with Crippen molar-refractivity contribution in [2.24, 2.45) is 0 Å². The van der Waals surface area contributed by atoms with Gasteiger partial charge in [-0.15, -0.1) is 0 Å². The van der Waals surface area contributed by atoms with Gasteiger partial charge in [-0.25, -0.2) is 4.39 Å². The standard InChI is InChI=1S/C14H13FN2O2/c1-19-13-7-4-10(16)8-12(13)14(18)17-11-5-2-9(15)3-6-11/h2-8H,16H2,1H3,(H,17,18). The third kappa shape index (κ3) is 3.01. The molecule has 19 heavy (non-hydrogen) atoms. The first-order valence-corrected chi connectivity index (χ1v) is 5.60. The Morgan fingerprint density at radius 3 is 2.53 bits per heavy atom. The smallest absolute Gasteiger partial charge is 0.259 e. The van der Waals surface area contributed by atoms with Crippen molar-refractivity contribution in [3.63, 3.8) is 0 Å². The SMILES string of the molecule is COc1ccc(N)cc1C(=O)Nc1ccc(F)cc1. The minimum atomic E-state index is -0.365. The molecule has 98 valence electrons. The fourth-order valence-electron chi connectivity index (χ4n) is 1.63. The van der Waals surface area contributed by atoms with E-state index in [0.29, 0.717) is 22.7 Å². The molecular formula is C14H13FN2O2. The molecule has 0 aliphatic heterocycles. The molecule has 0 aromatic heterocycles. The molecule has 0 bridgehead atoms. The molecule has 4 nitrogen and oxygen atoms in total. The molecule has 0 heterocycles. The van der Waals surface area contributed by atoms with Crippen molar-refractivity contribution in [1.82, 2.24) is 0 Å². The summed E-state index contributed by atoms with van der Waals surface area (Å²) in [5, 5.41) is 2.65. The summed E-state index contributed by atoms with van der Waals surface area (Å²) in [6, 6.07) is 10.3. The summed E-state index contributed by atoms with van der Waals surface area (Å²) < 4.78 is 17.9. The number of carbonyl (C=O) groups excluding carboxylic acids is 1. The van der Waals surface area contributed by atoms with E-state index in [-0.39, 0.29) is 11.7 Å². The predicted molar refractivity (Wildman–Crippen MR) is 71.8 cm³/mol. The number of halogens is 1. The summed E-state index contributed by atoms with van der Waals surface area (Å²) in [6.45, 7) is 0. The van der Waals surface area contributed by atoms with Gasteiger partial charge in [0.1, 0.15) is 11.6 Å². The zero-order chi connectivity index (χ0) is 13.8. The van der Waals surface area contributed by atoms with Crippen LogP contribution in [0.3, 0.4) is 0 Å². The first-order chi connectivity index (χ1) is 9.10. The van der Waals surface area contributed by atoms with Crippen molar-refractivity contribution in [3.8, 4) is 5.75 Å². The summed E-state index contributed by atoms with van der Waals surface area (Å²) in [5.74, 6) is -0.302. The molecule has 0 fully saturated rings. The van der Waals surface area contributed by atoms with Gasteiger partial charge in [0.05, 0.1) is 12.7 Å². The average Bonchev–Trinajstić information content (AvgIpc) is 2.41. The van der Waals surface area contributed by atoms with Gasteiger partial charge in [-0.05, 0) is 42.5 Å². The molecule has 0 saturated heterocycles. The van der Waals surface area contributed by atoms with Gasteiger partial charge >= 0.3 is 0 Å². The van der Waals surface area contributed by atoms with Crippen LogP contribution in [0.2, 0.25) is 0 Å². The molecule has 0 radical (unpaired) electrons. The van der Waals surface area contributed by atoms with Gasteiger partial charge in [0.25, 0.3) is 5.91 Å². The summed E-state index contributed by atoms with van der Waals surface area (Å²) >= 11 is 0. The Balaban J connectivity index is 2.24. The topological polar surface area (TPSA) is 64.3 Å². The van der Waals surface area contributed by atoms with Crippen LogP contribution >= 0.6 is 0 Å². The Morgan fingerprint density at radius 2 is 1.89 bits per heavy atom. The lowest BCUT2D eigenvalue weighted by molar-refractivity contribution is 0.102. The zero-order valence-corrected chi connectivity index (χ0v) is 10.3. The molecular weight excluding hydrogens is 247 g/mol. The van der Waals surface area contributed by atoms with Gasteiger partial charge in [-0.1, -0.05) is 0 Å². The lowest BCUT2D eigenvalue weighted by Crippen LogP contribution is -2.13. The van der Waals surface area contributed by atoms with Crippen molar-refractivity contribution < 1.29 is 13.9 Å². The maximum Gasteiger partial charge on any atom is 0.259 e. The van der Waals surface area contributed by atoms with Crippen LogP contribution < -0.4 is 15.8 Å². The number of benzene rings is 2. The van der Waals surface area contributed by atoms with E-state index in [2.05, 4.69) is 5.32 Å². The first kappa shape index (κ1) is 12.9. The molecule has 0 saturated carbocycles. The summed E-state index contributed by atoms with van der Waals surface area (Å²) in [7, 11) is 1.47. The predicted octanol–water partition coefficient (Wildman–Crippen LogP) is 2.67. The van der Waals surface area contributed by atoms with E-state index in [1.807, 2.05) is 0 Å². The summed E-state index contributed by atoms with van der Waals surface area (Å²) in [4.78, 5) is 12.1. The van der Waals surface area contributed by atoms with Crippen molar-refractivity contribution in [2.75, 3.05) is 18.2 Å². The number of nitrogens with one attached hydrogen (secondary N) is 1. The molecule has 3 N–H and O–H groups in total. The van der Waals surface area contributed by atoms with Crippen LogP contribution in [-0.4, -0.2) is 13.0 Å². The molecule has 2 rings (SSSR count). The molecule has 0 unspecified atom stereocenters. The fourth-order valence-corrected chi connectivity index (χ4v) is 1.63. The number of hydrogen-bond donors (Lipinski definition) is 2. The van der Waals surface area contributed by atoms with Crippen LogP contribution in [0.5, 0.6) is 5.75 Å². The average molecular weight is 260 g/mol. The summed E-state index contributed by atoms with van der Waals surface area (Å²) in [6.07, 6.45) is 0. The van der Waals surface area contributed by atoms with Crippen molar-refractivity contribution in [2.45, 2.75) is 0 Å². The van der Waals surface area contributed by atoms with E-state index >= 15 is 0 Å². The van der Waals surface area contributed by atoms with E-state index in [9.17, 15) is 9.18 Å². The highest BCUT2D eigenvalue weighted by Crippen LogP contribution is 2.22. The van der Waals surface area contributed by atoms with Gasteiger partial charge in [-0.2, -0.15) is 0 Å². The molecule has 2 aromatic carbocycles. The number of rotatable bonds is 3. The van der Waals surface area contributed by atoms with Crippen LogP contribution in [0.25, 0.3) is 0 Å². The van der Waals surface area contributed by atoms with Gasteiger partial charge in [0.15, 0.2) is 0 Å². The van der Waals surface area contributed by atoms with Crippen LogP contribution in [0, 0.1) is 5.82 Å². The van der Waals surface area contributed by atoms with Crippen LogP contribution in [0.4, 0.5) is 15.8 Å². The largest absolute Gasteiger partial charge is 0.496 e. The molecule has 0 atom stereocenters. The number of hydrogen-bond acceptors (Lipinski definition) is 3. The number of anilines is 2. The van der Waals surface area contributed by atoms with E-state index in [4.69, 9.17) is 10.5 Å². The number of nitrogen functional groups attached to an aromatic ring is 1. The first-order valence-electron chi connectivity index (χ1n) is 5.60. The van der Waals surface area contributed by atoms with Crippen molar-refractivity contribution in [1.29, 1.82) is 0 Å². The second-order valence-electron chi connectivity index (χ2n) is 3.92. The van der Waals surface area contributed by atoms with Gasteiger partial charge in [-0.3, -0.25) is 4.79 Å². The van der Waals surface area contributed by atoms with Crippen LogP contribution in [-0.2, 0) is 0 Å². The Bertz CT molecular complexity index is 597. The maximum absolute atomic E-state index is 12.8. The van der Waals surface area contributed by atoms with Gasteiger partial charge in [0.2, 0.25) is 0 Å². The van der Waals surface area contributed by atoms with E-state index < -0.39 is 0 Å². The highest BCUT2D eigenvalue weighted by molar-refractivity contribution is 6.06. The van der Waals surface area contributed by atoms with Crippen molar-refractivity contribution in [3.05, 3.63) is 53.8 Å². The Hall–Kier alpha value is -2.56. The second-order valence-corrected chi connectivity index (χ2v) is 3.92. The van der Waals surface area contributed by atoms with E-state index in [0.717, 1.165) is 0 Å². The molecule has 0 aliphatic carbocycles. The summed E-state index contributed by atoms with van der Waals surface area (Å²) in [5.41, 5.74) is 6.93. The van der Waals surface area contributed by atoms with Gasteiger partial charge in [0, 0.05) is 11.4 Å². The quantitative estimate of drug-likeness (QED) is 0.834. The Morgan fingerprint density at radius 1 is 1.21 bits per heavy atom. The van der Waals surface area contributed by atoms with Crippen LogP contribution in [0.15, 0.2) is 42.5 Å². The number of nitrogens with two attached hydrogens (primary N) is 1. The van der Waals surface area contributed by atoms with E-state index in [1.54, 1.807) is 12.1 Å². The normalized spacial score (nSPS) is 10.0. The fraction of sp³-hybridized carbons (Fsp3) is 0.0714. The monoisotopic (exact) mass is 260 g/mol. The Labute approximate surface area is 110 Å². The maximum atomic E-state index is 12.8. The molecule has 5 heteroatoms. The zero-order valence-electron chi connectivity index (χ0n) is 10.3. The third-order valence-corrected chi connectivity index (χ3v) is 2.57. The minimum absolute atomic E-state index is 0.326. The Kier molecular flexibility index (Phi) is 3.66. The van der Waals surface area contributed by atoms with Gasteiger partial charge < -0.3 is 15.8 Å². The highest BCUT2D eigenvalue weighted by Gasteiger charge is 2.12. The number of ether oxygens (including phenoxy) is 1. The van der Waals surface area contributed by atoms with Crippen molar-refractivity contribution >= 4 is 17.3 Å². The third-order valence-electron chi connectivity index (χ3n) is 2.57. The molecule has 0 spiro atoms. The molecule has 1 amide bonds. The molecule has 0 aliphatic rings. The lowest BCUT2D eigenvalue weighted by Gasteiger charge is -2.10. The lowest BCUT2D eigenvalue weighted by atomic mass is 10.1. The number of methoxy groups -OCH3 is 1. The second kappa shape index (κ2) is 5.39. The highest BCUT2D eigenvalue weighted by atomic mass is 19.1. The minimum Gasteiger partial charge on any atom is -0.496 e. The molecule has 2 aromatic rings. The number of amides is 1.